The zero-order chi connectivity index (χ0) is 13.3. The number of sulfonamides is 1. The minimum absolute atomic E-state index is 0.00232. The summed E-state index contributed by atoms with van der Waals surface area (Å²) in [6.45, 7) is 3.77. The number of hydrogen-bond donors (Lipinski definition) is 1. The molecule has 6 heteroatoms. The van der Waals surface area contributed by atoms with Crippen molar-refractivity contribution in [2.45, 2.75) is 23.8 Å². The van der Waals surface area contributed by atoms with Crippen molar-refractivity contribution in [3.05, 3.63) is 36.7 Å². The van der Waals surface area contributed by atoms with Crippen molar-refractivity contribution in [2.24, 2.45) is 0 Å². The summed E-state index contributed by atoms with van der Waals surface area (Å²) in [5, 5.41) is 0. The molecule has 1 aromatic carbocycles. The first-order valence-electron chi connectivity index (χ1n) is 5.64. The van der Waals surface area contributed by atoms with Crippen LogP contribution in [-0.2, 0) is 10.0 Å². The Balaban J connectivity index is 2.42. The van der Waals surface area contributed by atoms with E-state index in [1.807, 2.05) is 0 Å². The molecule has 1 aromatic rings. The summed E-state index contributed by atoms with van der Waals surface area (Å²) in [6, 6.07) is 3.35. The van der Waals surface area contributed by atoms with Gasteiger partial charge >= 0.3 is 0 Å². The molecule has 2 N–H and O–H groups in total. The number of benzene rings is 1. The molecule has 18 heavy (non-hydrogen) atoms. The molecule has 1 fully saturated rings. The lowest BCUT2D eigenvalue weighted by molar-refractivity contribution is 0.435. The van der Waals surface area contributed by atoms with Crippen LogP contribution in [0.15, 0.2) is 35.7 Å². The van der Waals surface area contributed by atoms with Gasteiger partial charge in [0.1, 0.15) is 5.82 Å². The van der Waals surface area contributed by atoms with Crippen LogP contribution in [0.4, 0.5) is 10.1 Å². The molecule has 1 aliphatic rings. The van der Waals surface area contributed by atoms with E-state index in [9.17, 15) is 12.8 Å². The summed E-state index contributed by atoms with van der Waals surface area (Å²) in [6.07, 6.45) is 3.19. The van der Waals surface area contributed by atoms with Gasteiger partial charge in [0.05, 0.1) is 4.90 Å². The Hall–Kier alpha value is -1.40. The van der Waals surface area contributed by atoms with Crippen molar-refractivity contribution in [2.75, 3.05) is 12.3 Å². The standard InChI is InChI=1S/C12H15FN2O2S/c1-2-5-15(11-3-4-11)18(16,17)12-7-9(13)6-10(14)8-12/h2,6-8,11H,1,3-5,14H2. The van der Waals surface area contributed by atoms with Gasteiger partial charge in [-0.15, -0.1) is 6.58 Å². The average Bonchev–Trinajstić information content (AvgIpc) is 3.08. The van der Waals surface area contributed by atoms with Crippen molar-refractivity contribution >= 4 is 15.7 Å². The normalized spacial score (nSPS) is 15.9. The molecule has 0 unspecified atom stereocenters. The molecule has 4 nitrogen and oxygen atoms in total. The molecule has 2 rings (SSSR count). The molecule has 0 saturated heterocycles. The van der Waals surface area contributed by atoms with E-state index in [0.29, 0.717) is 0 Å². The maximum absolute atomic E-state index is 13.2. The van der Waals surface area contributed by atoms with Crippen molar-refractivity contribution in [1.82, 2.24) is 4.31 Å². The van der Waals surface area contributed by atoms with Gasteiger partial charge in [-0.3, -0.25) is 0 Å². The van der Waals surface area contributed by atoms with Crippen molar-refractivity contribution in [1.29, 1.82) is 0 Å². The quantitative estimate of drug-likeness (QED) is 0.655. The number of halogens is 1. The molecule has 0 amide bonds. The molecule has 0 bridgehead atoms. The second-order valence-corrected chi connectivity index (χ2v) is 6.21. The third-order valence-electron chi connectivity index (χ3n) is 2.76. The van der Waals surface area contributed by atoms with Crippen LogP contribution >= 0.6 is 0 Å². The van der Waals surface area contributed by atoms with Gasteiger partial charge in [0, 0.05) is 18.3 Å². The molecule has 1 saturated carbocycles. The number of rotatable bonds is 5. The van der Waals surface area contributed by atoms with E-state index in [1.54, 1.807) is 0 Å². The molecular weight excluding hydrogens is 255 g/mol. The van der Waals surface area contributed by atoms with Crippen LogP contribution in [0.5, 0.6) is 0 Å². The Morgan fingerprint density at radius 3 is 2.61 bits per heavy atom. The van der Waals surface area contributed by atoms with Gasteiger partial charge in [-0.2, -0.15) is 4.31 Å². The topological polar surface area (TPSA) is 63.4 Å². The molecule has 0 radical (unpaired) electrons. The van der Waals surface area contributed by atoms with Crippen molar-refractivity contribution in [3.8, 4) is 0 Å². The van der Waals surface area contributed by atoms with E-state index >= 15 is 0 Å². The Labute approximate surface area is 106 Å². The van der Waals surface area contributed by atoms with E-state index in [4.69, 9.17) is 5.73 Å². The fourth-order valence-electron chi connectivity index (χ4n) is 1.80. The zero-order valence-corrected chi connectivity index (χ0v) is 10.7. The van der Waals surface area contributed by atoms with Gasteiger partial charge in [0.25, 0.3) is 0 Å². The van der Waals surface area contributed by atoms with Gasteiger partial charge in [-0.1, -0.05) is 6.08 Å². The summed E-state index contributed by atoms with van der Waals surface area (Å²) in [5.41, 5.74) is 5.58. The summed E-state index contributed by atoms with van der Waals surface area (Å²) < 4.78 is 39.3. The van der Waals surface area contributed by atoms with Gasteiger partial charge in [0.15, 0.2) is 0 Å². The number of hydrogen-bond acceptors (Lipinski definition) is 3. The highest BCUT2D eigenvalue weighted by molar-refractivity contribution is 7.89. The lowest BCUT2D eigenvalue weighted by Crippen LogP contribution is -2.33. The van der Waals surface area contributed by atoms with E-state index in [-0.39, 0.29) is 23.2 Å². The predicted octanol–water partition coefficient (Wildman–Crippen LogP) is 1.75. The summed E-state index contributed by atoms with van der Waals surface area (Å²) in [5.74, 6) is -0.650. The molecule has 0 heterocycles. The monoisotopic (exact) mass is 270 g/mol. The second kappa shape index (κ2) is 4.70. The summed E-state index contributed by atoms with van der Waals surface area (Å²) >= 11 is 0. The van der Waals surface area contributed by atoms with Crippen LogP contribution in [0.2, 0.25) is 0 Å². The number of nitrogens with zero attached hydrogens (tertiary/aromatic N) is 1. The lowest BCUT2D eigenvalue weighted by Gasteiger charge is -2.20. The Bertz CT molecular complexity index is 547. The first-order chi connectivity index (χ1) is 8.45. The van der Waals surface area contributed by atoms with Crippen molar-refractivity contribution in [3.63, 3.8) is 0 Å². The highest BCUT2D eigenvalue weighted by atomic mass is 32.2. The van der Waals surface area contributed by atoms with Crippen LogP contribution in [0, 0.1) is 5.82 Å². The highest BCUT2D eigenvalue weighted by Crippen LogP contribution is 2.32. The van der Waals surface area contributed by atoms with E-state index in [2.05, 4.69) is 6.58 Å². The fraction of sp³-hybridized carbons (Fsp3) is 0.333. The second-order valence-electron chi connectivity index (χ2n) is 4.31. The van der Waals surface area contributed by atoms with Crippen LogP contribution < -0.4 is 5.73 Å². The number of nitrogens with two attached hydrogens (primary N) is 1. The Kier molecular flexibility index (Phi) is 3.41. The molecule has 1 aliphatic carbocycles. The summed E-state index contributed by atoms with van der Waals surface area (Å²) in [4.78, 5) is -0.103. The van der Waals surface area contributed by atoms with Crippen LogP contribution in [0.3, 0.4) is 0 Å². The average molecular weight is 270 g/mol. The number of anilines is 1. The van der Waals surface area contributed by atoms with Gasteiger partial charge in [-0.25, -0.2) is 12.8 Å². The van der Waals surface area contributed by atoms with E-state index in [0.717, 1.165) is 25.0 Å². The maximum Gasteiger partial charge on any atom is 0.243 e. The Morgan fingerprint density at radius 1 is 1.44 bits per heavy atom. The number of nitrogen functional groups attached to an aromatic ring is 1. The van der Waals surface area contributed by atoms with Gasteiger partial charge in [0.2, 0.25) is 10.0 Å². The van der Waals surface area contributed by atoms with Crippen molar-refractivity contribution < 1.29 is 12.8 Å². The smallest absolute Gasteiger partial charge is 0.243 e. The van der Waals surface area contributed by atoms with Gasteiger partial charge < -0.3 is 5.73 Å². The minimum Gasteiger partial charge on any atom is -0.399 e. The van der Waals surface area contributed by atoms with Crippen LogP contribution in [0.25, 0.3) is 0 Å². The molecule has 0 aromatic heterocycles. The molecular formula is C12H15FN2O2S. The molecule has 0 spiro atoms. The third-order valence-corrected chi connectivity index (χ3v) is 4.66. The maximum atomic E-state index is 13.2. The largest absolute Gasteiger partial charge is 0.399 e. The summed E-state index contributed by atoms with van der Waals surface area (Å²) in [7, 11) is -3.70. The van der Waals surface area contributed by atoms with E-state index in [1.165, 1.54) is 16.4 Å². The first-order valence-corrected chi connectivity index (χ1v) is 7.08. The zero-order valence-electron chi connectivity index (χ0n) is 9.84. The SMILES string of the molecule is C=CCN(C1CC1)S(=O)(=O)c1cc(N)cc(F)c1. The molecule has 0 atom stereocenters. The lowest BCUT2D eigenvalue weighted by atomic mass is 10.3. The van der Waals surface area contributed by atoms with E-state index < -0.39 is 15.8 Å². The van der Waals surface area contributed by atoms with Gasteiger partial charge in [-0.05, 0) is 31.0 Å². The fourth-order valence-corrected chi connectivity index (χ4v) is 3.52. The molecule has 0 aliphatic heterocycles. The Morgan fingerprint density at radius 2 is 2.11 bits per heavy atom. The first kappa shape index (κ1) is 13.0. The highest BCUT2D eigenvalue weighted by Gasteiger charge is 2.37. The van der Waals surface area contributed by atoms with Crippen LogP contribution in [0.1, 0.15) is 12.8 Å². The predicted molar refractivity (Wildman–Crippen MR) is 67.9 cm³/mol. The van der Waals surface area contributed by atoms with Crippen LogP contribution in [-0.4, -0.2) is 25.3 Å². The minimum atomic E-state index is -3.70. The molecule has 98 valence electrons. The third kappa shape index (κ3) is 2.54.